The fraction of sp³-hybridized carbons (Fsp3) is 0.318. The average molecular weight is 453 g/mol. The van der Waals surface area contributed by atoms with Crippen LogP contribution in [-0.4, -0.2) is 35.2 Å². The molecule has 148 valence electrons. The molecule has 2 unspecified atom stereocenters. The van der Waals surface area contributed by atoms with Crippen LogP contribution in [-0.2, 0) is 10.3 Å². The SMILES string of the molecule is CCCN(c1ncccc1C(=O)OC)C1C2=CCC1(n1cc(Br)cc1C#N)C=C2. The summed E-state index contributed by atoms with van der Waals surface area (Å²) >= 11 is 3.51. The smallest absolute Gasteiger partial charge is 0.341 e. The molecule has 2 aromatic rings. The first kappa shape index (κ1) is 19.5. The molecule has 2 bridgehead atoms. The van der Waals surface area contributed by atoms with E-state index in [-0.39, 0.29) is 6.04 Å². The van der Waals surface area contributed by atoms with Crippen molar-refractivity contribution in [2.45, 2.75) is 31.3 Å². The number of esters is 1. The van der Waals surface area contributed by atoms with Gasteiger partial charge in [0.15, 0.2) is 0 Å². The third-order valence-corrected chi connectivity index (χ3v) is 6.04. The predicted octanol–water partition coefficient (Wildman–Crippen LogP) is 4.18. The lowest BCUT2D eigenvalue weighted by molar-refractivity contribution is 0.0600. The topological polar surface area (TPSA) is 71.2 Å². The van der Waals surface area contributed by atoms with Crippen molar-refractivity contribution in [3.63, 3.8) is 0 Å². The Bertz CT molecular complexity index is 1070. The van der Waals surface area contributed by atoms with E-state index in [1.54, 1.807) is 18.3 Å². The van der Waals surface area contributed by atoms with Crippen LogP contribution in [0, 0.1) is 11.3 Å². The average Bonchev–Trinajstić information content (AvgIpc) is 3.42. The number of halogens is 1. The van der Waals surface area contributed by atoms with Crippen molar-refractivity contribution in [2.75, 3.05) is 18.6 Å². The monoisotopic (exact) mass is 452 g/mol. The Morgan fingerprint density at radius 2 is 2.38 bits per heavy atom. The van der Waals surface area contributed by atoms with Crippen molar-refractivity contribution >= 4 is 27.7 Å². The van der Waals surface area contributed by atoms with E-state index >= 15 is 0 Å². The lowest BCUT2D eigenvalue weighted by atomic mass is 9.91. The molecule has 4 rings (SSSR count). The van der Waals surface area contributed by atoms with Crippen molar-refractivity contribution in [3.05, 3.63) is 70.1 Å². The van der Waals surface area contributed by atoms with E-state index < -0.39 is 11.5 Å². The van der Waals surface area contributed by atoms with Gasteiger partial charge in [-0.2, -0.15) is 5.26 Å². The van der Waals surface area contributed by atoms with E-state index in [0.29, 0.717) is 17.1 Å². The van der Waals surface area contributed by atoms with E-state index in [1.165, 1.54) is 12.7 Å². The van der Waals surface area contributed by atoms with Gasteiger partial charge in [-0.3, -0.25) is 0 Å². The molecule has 0 fully saturated rings. The van der Waals surface area contributed by atoms with Crippen molar-refractivity contribution in [3.8, 4) is 6.07 Å². The van der Waals surface area contributed by atoms with Gasteiger partial charge in [0.25, 0.3) is 0 Å². The highest BCUT2D eigenvalue weighted by Gasteiger charge is 2.51. The number of pyridine rings is 1. The number of rotatable bonds is 6. The van der Waals surface area contributed by atoms with Crippen molar-refractivity contribution in [1.29, 1.82) is 5.26 Å². The maximum atomic E-state index is 12.4. The molecule has 0 aromatic carbocycles. The number of methoxy groups -OCH3 is 1. The molecule has 2 aliphatic rings. The number of nitriles is 1. The van der Waals surface area contributed by atoms with Crippen molar-refractivity contribution in [1.82, 2.24) is 9.55 Å². The maximum absolute atomic E-state index is 12.4. The van der Waals surface area contributed by atoms with Crippen LogP contribution in [0.1, 0.15) is 35.8 Å². The molecule has 0 saturated heterocycles. The number of allylic oxidation sites excluding steroid dienone is 1. The van der Waals surface area contributed by atoms with E-state index in [9.17, 15) is 10.1 Å². The van der Waals surface area contributed by atoms with Gasteiger partial charge in [-0.25, -0.2) is 9.78 Å². The number of hydrogen-bond acceptors (Lipinski definition) is 5. The molecular weight excluding hydrogens is 432 g/mol. The van der Waals surface area contributed by atoms with Crippen molar-refractivity contribution < 1.29 is 9.53 Å². The van der Waals surface area contributed by atoms with Gasteiger partial charge in [-0.15, -0.1) is 0 Å². The highest BCUT2D eigenvalue weighted by molar-refractivity contribution is 9.10. The summed E-state index contributed by atoms with van der Waals surface area (Å²) in [6.45, 7) is 2.82. The minimum Gasteiger partial charge on any atom is -0.465 e. The fourth-order valence-corrected chi connectivity index (χ4v) is 4.89. The molecule has 0 saturated carbocycles. The van der Waals surface area contributed by atoms with Gasteiger partial charge < -0.3 is 14.2 Å². The number of carbonyl (C=O) groups is 1. The Hall–Kier alpha value is -2.85. The van der Waals surface area contributed by atoms with Crippen LogP contribution in [0.4, 0.5) is 5.82 Å². The second kappa shape index (κ2) is 7.53. The zero-order valence-corrected chi connectivity index (χ0v) is 17.9. The summed E-state index contributed by atoms with van der Waals surface area (Å²) in [5, 5.41) is 9.69. The summed E-state index contributed by atoms with van der Waals surface area (Å²) in [5.41, 5.74) is 1.77. The Kier molecular flexibility index (Phi) is 5.05. The molecular formula is C22H21BrN4O2. The molecule has 2 aromatic heterocycles. The third kappa shape index (κ3) is 2.99. The van der Waals surface area contributed by atoms with Gasteiger partial charge >= 0.3 is 5.97 Å². The van der Waals surface area contributed by atoms with Gasteiger partial charge in [0.1, 0.15) is 23.1 Å². The summed E-state index contributed by atoms with van der Waals surface area (Å²) < 4.78 is 7.90. The molecule has 0 N–H and O–H groups in total. The Balaban J connectivity index is 1.86. The Morgan fingerprint density at radius 3 is 3.03 bits per heavy atom. The second-order valence-corrected chi connectivity index (χ2v) is 8.14. The highest BCUT2D eigenvalue weighted by atomic mass is 79.9. The molecule has 2 atom stereocenters. The highest BCUT2D eigenvalue weighted by Crippen LogP contribution is 2.49. The van der Waals surface area contributed by atoms with Crippen LogP contribution in [0.3, 0.4) is 0 Å². The molecule has 2 heterocycles. The lowest BCUT2D eigenvalue weighted by Crippen LogP contribution is -2.50. The minimum atomic E-state index is -0.438. The molecule has 0 aliphatic heterocycles. The normalized spacial score (nSPS) is 21.7. The van der Waals surface area contributed by atoms with Crippen LogP contribution in [0.25, 0.3) is 0 Å². The van der Waals surface area contributed by atoms with Gasteiger partial charge in [0.05, 0.1) is 18.7 Å². The van der Waals surface area contributed by atoms with Gasteiger partial charge in [0, 0.05) is 23.4 Å². The molecule has 6 nitrogen and oxygen atoms in total. The van der Waals surface area contributed by atoms with E-state index in [4.69, 9.17) is 4.74 Å². The van der Waals surface area contributed by atoms with Crippen LogP contribution >= 0.6 is 15.9 Å². The molecule has 0 amide bonds. The number of hydrogen-bond donors (Lipinski definition) is 0. The number of ether oxygens (including phenoxy) is 1. The van der Waals surface area contributed by atoms with Crippen LogP contribution in [0.2, 0.25) is 0 Å². The summed E-state index contributed by atoms with van der Waals surface area (Å²) in [5.74, 6) is 0.203. The Labute approximate surface area is 178 Å². The first-order valence-corrected chi connectivity index (χ1v) is 10.3. The summed E-state index contributed by atoms with van der Waals surface area (Å²) in [6, 6.07) is 7.57. The largest absolute Gasteiger partial charge is 0.465 e. The Morgan fingerprint density at radius 1 is 1.55 bits per heavy atom. The van der Waals surface area contributed by atoms with Crippen LogP contribution in [0.5, 0.6) is 0 Å². The molecule has 7 heteroatoms. The predicted molar refractivity (Wildman–Crippen MR) is 114 cm³/mol. The molecule has 0 spiro atoms. The standard InChI is InChI=1S/C22H21BrN4O2/c1-3-11-26(20-18(21(28)29-2)5-4-10-25-20)19-15-6-8-22(19,9-7-15)27-14-16(23)12-17(27)13-24/h4-8,10,12,14,19H,3,9,11H2,1-2H3. The van der Waals surface area contributed by atoms with E-state index in [2.05, 4.69) is 57.0 Å². The van der Waals surface area contributed by atoms with Crippen LogP contribution < -0.4 is 4.90 Å². The van der Waals surface area contributed by atoms with Gasteiger partial charge in [-0.05, 0) is 52.5 Å². The van der Waals surface area contributed by atoms with E-state index in [0.717, 1.165) is 23.9 Å². The lowest BCUT2D eigenvalue weighted by Gasteiger charge is -2.41. The quantitative estimate of drug-likeness (QED) is 0.614. The fourth-order valence-electron chi connectivity index (χ4n) is 4.47. The van der Waals surface area contributed by atoms with Gasteiger partial charge in [0.2, 0.25) is 0 Å². The van der Waals surface area contributed by atoms with Crippen molar-refractivity contribution in [2.24, 2.45) is 0 Å². The van der Waals surface area contributed by atoms with E-state index in [1.807, 2.05) is 16.8 Å². The minimum absolute atomic E-state index is 0.0628. The van der Waals surface area contributed by atoms with Crippen LogP contribution in [0.15, 0.2) is 58.9 Å². The maximum Gasteiger partial charge on any atom is 0.341 e. The zero-order chi connectivity index (χ0) is 20.6. The zero-order valence-electron chi connectivity index (χ0n) is 16.3. The number of anilines is 1. The summed E-state index contributed by atoms with van der Waals surface area (Å²) in [4.78, 5) is 19.2. The van der Waals surface area contributed by atoms with Gasteiger partial charge in [-0.1, -0.05) is 25.2 Å². The number of nitrogens with zero attached hydrogens (tertiary/aromatic N) is 4. The number of fused-ring (bicyclic) bond motifs is 2. The molecule has 2 aliphatic carbocycles. The first-order valence-electron chi connectivity index (χ1n) is 9.53. The number of carbonyl (C=O) groups excluding carboxylic acids is 1. The summed E-state index contributed by atoms with van der Waals surface area (Å²) in [7, 11) is 1.38. The second-order valence-electron chi connectivity index (χ2n) is 7.22. The first-order chi connectivity index (χ1) is 14.1. The third-order valence-electron chi connectivity index (χ3n) is 5.61. The molecule has 29 heavy (non-hydrogen) atoms. The molecule has 0 radical (unpaired) electrons. The summed E-state index contributed by atoms with van der Waals surface area (Å²) in [6.07, 6.45) is 11.8. The number of aromatic nitrogens is 2.